The Kier molecular flexibility index (Phi) is 16.2. The van der Waals surface area contributed by atoms with Gasteiger partial charge in [-0.25, -0.2) is 14.0 Å². The van der Waals surface area contributed by atoms with Crippen molar-refractivity contribution < 1.29 is 9.30 Å². The summed E-state index contributed by atoms with van der Waals surface area (Å²) in [5.74, 6) is 0. The summed E-state index contributed by atoms with van der Waals surface area (Å²) in [5, 5.41) is 0. The van der Waals surface area contributed by atoms with Gasteiger partial charge in [-0.2, -0.15) is 0 Å². The summed E-state index contributed by atoms with van der Waals surface area (Å²) in [6, 6.07) is 0. The average Bonchev–Trinajstić information content (AvgIpc) is 3.03. The van der Waals surface area contributed by atoms with Crippen LogP contribution in [0.4, 0.5) is 0 Å². The van der Waals surface area contributed by atoms with Gasteiger partial charge in [-0.05, 0) is 55.1 Å². The zero-order chi connectivity index (χ0) is 17.6. The van der Waals surface area contributed by atoms with Crippen LogP contribution in [0.25, 0.3) is 0 Å². The molecule has 0 bridgehead atoms. The van der Waals surface area contributed by atoms with Gasteiger partial charge in [-0.1, -0.05) is 39.5 Å². The fourth-order valence-electron chi connectivity index (χ4n) is 2.08. The molecule has 1 rings (SSSR count). The third-order valence-corrected chi connectivity index (χ3v) is 6.47. The molecule has 0 radical (unpaired) electrons. The molecule has 0 atom stereocenters. The van der Waals surface area contributed by atoms with Crippen molar-refractivity contribution in [2.24, 2.45) is 0 Å². The largest absolute Gasteiger partial charge is 0.381 e. The van der Waals surface area contributed by atoms with Gasteiger partial charge in [0.25, 0.3) is 7.59 Å². The highest BCUT2D eigenvalue weighted by molar-refractivity contribution is 7.56. The van der Waals surface area contributed by atoms with E-state index >= 15 is 0 Å². The Balaban J connectivity index is 0. The van der Waals surface area contributed by atoms with Gasteiger partial charge < -0.3 is 4.74 Å². The van der Waals surface area contributed by atoms with E-state index in [1.54, 1.807) is 14.0 Å². The predicted octanol–water partition coefficient (Wildman–Crippen LogP) is 4.16. The van der Waals surface area contributed by atoms with Crippen molar-refractivity contribution in [3.63, 3.8) is 0 Å². The molecule has 0 spiro atoms. The Morgan fingerprint density at radius 2 is 1.09 bits per heavy atom. The van der Waals surface area contributed by atoms with Crippen LogP contribution in [0.1, 0.15) is 52.4 Å². The van der Waals surface area contributed by atoms with Crippen LogP contribution < -0.4 is 0 Å². The molecule has 1 aliphatic heterocycles. The van der Waals surface area contributed by atoms with Gasteiger partial charge in [0.1, 0.15) is 0 Å². The van der Waals surface area contributed by atoms with Crippen molar-refractivity contribution >= 4 is 7.59 Å². The number of rotatable bonds is 6. The second kappa shape index (κ2) is 14.6. The highest BCUT2D eigenvalue weighted by Crippen LogP contribution is 2.50. The number of hydrogen-bond donors (Lipinski definition) is 0. The van der Waals surface area contributed by atoms with Crippen molar-refractivity contribution in [1.82, 2.24) is 14.0 Å². The first-order valence-corrected chi connectivity index (χ1v) is 10.0. The van der Waals surface area contributed by atoms with E-state index in [1.807, 2.05) is 42.3 Å². The molecule has 1 fully saturated rings. The van der Waals surface area contributed by atoms with Gasteiger partial charge in [0.2, 0.25) is 0 Å². The third kappa shape index (κ3) is 10.7. The van der Waals surface area contributed by atoms with Crippen LogP contribution in [0, 0.1) is 0 Å². The van der Waals surface area contributed by atoms with Crippen LogP contribution in [-0.4, -0.2) is 69.5 Å². The first kappa shape index (κ1) is 24.3. The summed E-state index contributed by atoms with van der Waals surface area (Å²) in [5.41, 5.74) is 0. The first-order chi connectivity index (χ1) is 10.2. The molecule has 0 aromatic heterocycles. The molecular weight excluding hydrogens is 297 g/mol. The summed E-state index contributed by atoms with van der Waals surface area (Å²) in [6.45, 7) is 6.46. The van der Waals surface area contributed by atoms with E-state index < -0.39 is 7.59 Å². The SMILES string of the molecule is C1CCOC1.CCCCCC.CN(C)P(=O)(N(C)C)N(C)C. The van der Waals surface area contributed by atoms with Crippen LogP contribution in [0.3, 0.4) is 0 Å². The Labute approximate surface area is 139 Å². The van der Waals surface area contributed by atoms with Crippen molar-refractivity contribution in [2.75, 3.05) is 55.5 Å². The van der Waals surface area contributed by atoms with Gasteiger partial charge in [0, 0.05) is 13.2 Å². The Bertz CT molecular complexity index is 240. The minimum absolute atomic E-state index is 1.00. The number of nitrogens with zero attached hydrogens (tertiary/aromatic N) is 3. The summed E-state index contributed by atoms with van der Waals surface area (Å²) < 4.78 is 22.3. The zero-order valence-electron chi connectivity index (χ0n) is 16.3. The molecule has 0 unspecified atom stereocenters. The molecule has 1 heterocycles. The standard InChI is InChI=1S/C6H18N3OP.C6H14.C4H8O/c1-7(2)11(10,8(3)4)9(5)6;1-3-5-6-4-2;1-2-4-5-3-1/h1-6H3;3-6H2,1-2H3;1-4H2. The van der Waals surface area contributed by atoms with E-state index in [2.05, 4.69) is 13.8 Å². The second-order valence-corrected chi connectivity index (χ2v) is 9.51. The lowest BCUT2D eigenvalue weighted by Crippen LogP contribution is -2.30. The number of unbranched alkanes of at least 4 members (excludes halogenated alkanes) is 3. The quantitative estimate of drug-likeness (QED) is 0.537. The van der Waals surface area contributed by atoms with Crippen molar-refractivity contribution in [3.05, 3.63) is 0 Å². The van der Waals surface area contributed by atoms with Crippen LogP contribution in [-0.2, 0) is 9.30 Å². The van der Waals surface area contributed by atoms with Crippen LogP contribution in [0.5, 0.6) is 0 Å². The number of ether oxygens (including phenoxy) is 1. The van der Waals surface area contributed by atoms with Crippen molar-refractivity contribution in [2.45, 2.75) is 52.4 Å². The lowest BCUT2D eigenvalue weighted by molar-refractivity contribution is 0.198. The molecule has 1 saturated heterocycles. The van der Waals surface area contributed by atoms with Crippen molar-refractivity contribution in [3.8, 4) is 0 Å². The van der Waals surface area contributed by atoms with Gasteiger partial charge in [0.15, 0.2) is 0 Å². The third-order valence-electron chi connectivity index (χ3n) is 3.35. The van der Waals surface area contributed by atoms with Crippen LogP contribution in [0.15, 0.2) is 0 Å². The highest BCUT2D eigenvalue weighted by Gasteiger charge is 2.30. The van der Waals surface area contributed by atoms with E-state index in [9.17, 15) is 4.57 Å². The maximum atomic E-state index is 12.1. The molecule has 136 valence electrons. The van der Waals surface area contributed by atoms with E-state index in [4.69, 9.17) is 4.74 Å². The molecule has 0 aromatic rings. The van der Waals surface area contributed by atoms with Gasteiger partial charge in [0.05, 0.1) is 0 Å². The van der Waals surface area contributed by atoms with Crippen molar-refractivity contribution in [1.29, 1.82) is 0 Å². The topological polar surface area (TPSA) is 36.0 Å². The fourth-order valence-corrected chi connectivity index (χ4v) is 4.23. The van der Waals surface area contributed by atoms with E-state index in [0.717, 1.165) is 13.2 Å². The predicted molar refractivity (Wildman–Crippen MR) is 98.5 cm³/mol. The molecule has 6 heteroatoms. The lowest BCUT2D eigenvalue weighted by atomic mass is 10.2. The van der Waals surface area contributed by atoms with Gasteiger partial charge in [-0.3, -0.25) is 4.57 Å². The van der Waals surface area contributed by atoms with Crippen LogP contribution in [0.2, 0.25) is 0 Å². The molecule has 0 amide bonds. The van der Waals surface area contributed by atoms with Gasteiger partial charge in [-0.15, -0.1) is 0 Å². The summed E-state index contributed by atoms with van der Waals surface area (Å²) in [7, 11) is 8.49. The Hall–Kier alpha value is 0.0700. The molecule has 5 nitrogen and oxygen atoms in total. The maximum Gasteiger partial charge on any atom is 0.285 e. The lowest BCUT2D eigenvalue weighted by Gasteiger charge is -2.34. The maximum absolute atomic E-state index is 12.1. The summed E-state index contributed by atoms with van der Waals surface area (Å²) in [4.78, 5) is 0. The molecule has 0 N–H and O–H groups in total. The molecular formula is C16H40N3O2P. The summed E-state index contributed by atoms with van der Waals surface area (Å²) in [6.07, 6.45) is 8.09. The Morgan fingerprint density at radius 3 is 1.18 bits per heavy atom. The van der Waals surface area contributed by atoms with E-state index in [-0.39, 0.29) is 0 Å². The number of hydrogen-bond acceptors (Lipinski definition) is 2. The normalized spacial score (nSPS) is 14.7. The molecule has 0 aromatic carbocycles. The van der Waals surface area contributed by atoms with Crippen LogP contribution >= 0.6 is 7.59 Å². The molecule has 0 aliphatic carbocycles. The smallest absolute Gasteiger partial charge is 0.285 e. The highest BCUT2D eigenvalue weighted by atomic mass is 31.2. The minimum atomic E-state index is -2.44. The average molecular weight is 337 g/mol. The molecule has 1 aliphatic rings. The Morgan fingerprint density at radius 1 is 0.773 bits per heavy atom. The fraction of sp³-hybridized carbons (Fsp3) is 1.00. The first-order valence-electron chi connectivity index (χ1n) is 8.46. The van der Waals surface area contributed by atoms with Gasteiger partial charge >= 0.3 is 0 Å². The second-order valence-electron chi connectivity index (χ2n) is 6.08. The summed E-state index contributed by atoms with van der Waals surface area (Å²) >= 11 is 0. The monoisotopic (exact) mass is 337 g/mol. The van der Waals surface area contributed by atoms with E-state index in [0.29, 0.717) is 0 Å². The van der Waals surface area contributed by atoms with E-state index in [1.165, 1.54) is 38.5 Å². The molecule has 0 saturated carbocycles. The zero-order valence-corrected chi connectivity index (χ0v) is 17.2. The molecule has 22 heavy (non-hydrogen) atoms. The minimum Gasteiger partial charge on any atom is -0.381 e.